The first kappa shape index (κ1) is 13.9. The molecule has 0 saturated heterocycles. The van der Waals surface area contributed by atoms with E-state index >= 15 is 0 Å². The van der Waals surface area contributed by atoms with Crippen molar-refractivity contribution in [2.75, 3.05) is 6.54 Å². The van der Waals surface area contributed by atoms with E-state index < -0.39 is 0 Å². The first-order valence-electron chi connectivity index (χ1n) is 4.91. The van der Waals surface area contributed by atoms with Crippen molar-refractivity contribution in [3.05, 3.63) is 48.2 Å². The van der Waals surface area contributed by atoms with Crippen LogP contribution in [-0.4, -0.2) is 17.9 Å². The fraction of sp³-hybridized carbons (Fsp3) is 0.231. The average Bonchev–Trinajstić information content (AvgIpc) is 2.31. The van der Waals surface area contributed by atoms with Crippen LogP contribution in [0.5, 0.6) is 0 Å². The van der Waals surface area contributed by atoms with Crippen molar-refractivity contribution in [2.45, 2.75) is 13.8 Å². The van der Waals surface area contributed by atoms with Crippen LogP contribution in [0.4, 0.5) is 0 Å². The Bertz CT molecular complexity index is 383. The molecule has 0 spiro atoms. The molecule has 0 aromatic carbocycles. The zero-order valence-electron chi connectivity index (χ0n) is 9.73. The second kappa shape index (κ2) is 7.24. The van der Waals surface area contributed by atoms with Crippen LogP contribution < -0.4 is 0 Å². The van der Waals surface area contributed by atoms with E-state index in [-0.39, 0.29) is 0 Å². The molecule has 0 heterocycles. The van der Waals surface area contributed by atoms with Crippen LogP contribution in [0.3, 0.4) is 0 Å². The van der Waals surface area contributed by atoms with Crippen LogP contribution in [-0.2, 0) is 4.79 Å². The molecular weight excluding hydrogens is 200 g/mol. The number of hydrogen-bond acceptors (Lipinski definition) is 2. The van der Waals surface area contributed by atoms with Gasteiger partial charge in [0.05, 0.1) is 6.07 Å². The topological polar surface area (TPSA) is 44.1 Å². The monoisotopic (exact) mass is 216 g/mol. The predicted octanol–water partition coefficient (Wildman–Crippen LogP) is 2.56. The number of carbonyl (C=O) groups excluding carboxylic acids is 1. The maximum absolute atomic E-state index is 10.6. The van der Waals surface area contributed by atoms with Crippen molar-refractivity contribution in [3.8, 4) is 6.07 Å². The lowest BCUT2D eigenvalue weighted by atomic mass is 10.1. The van der Waals surface area contributed by atoms with Gasteiger partial charge in [0.25, 0.3) is 0 Å². The van der Waals surface area contributed by atoms with E-state index in [1.807, 2.05) is 19.9 Å². The van der Waals surface area contributed by atoms with Crippen LogP contribution in [0.2, 0.25) is 0 Å². The Morgan fingerprint density at radius 3 is 2.50 bits per heavy atom. The lowest BCUT2D eigenvalue weighted by Crippen LogP contribution is -2.14. The van der Waals surface area contributed by atoms with Gasteiger partial charge in [-0.25, -0.2) is 0 Å². The van der Waals surface area contributed by atoms with E-state index in [2.05, 4.69) is 13.2 Å². The minimum absolute atomic E-state index is 0.372. The highest BCUT2D eigenvalue weighted by atomic mass is 16.1. The molecule has 0 aliphatic carbocycles. The van der Waals surface area contributed by atoms with Crippen molar-refractivity contribution < 1.29 is 4.79 Å². The number of allylic oxidation sites excluding steroid dienone is 5. The van der Waals surface area contributed by atoms with Gasteiger partial charge in [-0.1, -0.05) is 19.2 Å². The highest BCUT2D eigenvalue weighted by Gasteiger charge is 1.97. The van der Waals surface area contributed by atoms with Crippen LogP contribution in [0.1, 0.15) is 13.8 Å². The Labute approximate surface area is 96.7 Å². The molecule has 0 bridgehead atoms. The zero-order chi connectivity index (χ0) is 12.6. The Hall–Kier alpha value is -2.08. The second-order valence-electron chi connectivity index (χ2n) is 3.24. The highest BCUT2D eigenvalue weighted by molar-refractivity contribution is 5.51. The molecule has 3 nitrogen and oxygen atoms in total. The summed E-state index contributed by atoms with van der Waals surface area (Å²) in [5.41, 5.74) is 1.99. The van der Waals surface area contributed by atoms with E-state index in [1.54, 1.807) is 18.4 Å². The molecule has 3 heteroatoms. The van der Waals surface area contributed by atoms with Crippen molar-refractivity contribution in [1.82, 2.24) is 4.90 Å². The number of hydrogen-bond donors (Lipinski definition) is 0. The lowest BCUT2D eigenvalue weighted by molar-refractivity contribution is -0.115. The van der Waals surface area contributed by atoms with E-state index in [0.29, 0.717) is 12.1 Å². The molecule has 0 radical (unpaired) electrons. The third kappa shape index (κ3) is 4.97. The Kier molecular flexibility index (Phi) is 6.30. The summed E-state index contributed by atoms with van der Waals surface area (Å²) < 4.78 is 0. The summed E-state index contributed by atoms with van der Waals surface area (Å²) in [6.07, 6.45) is 5.77. The third-order valence-electron chi connectivity index (χ3n) is 2.00. The molecule has 0 aliphatic rings. The number of nitriles is 1. The summed E-state index contributed by atoms with van der Waals surface area (Å²) in [6.45, 7) is 11.7. The van der Waals surface area contributed by atoms with Crippen LogP contribution in [0.25, 0.3) is 0 Å². The number of amides is 1. The van der Waals surface area contributed by atoms with Gasteiger partial charge >= 0.3 is 0 Å². The van der Waals surface area contributed by atoms with Gasteiger partial charge in [-0.2, -0.15) is 5.26 Å². The number of nitrogens with zero attached hydrogens (tertiary/aromatic N) is 2. The maximum Gasteiger partial charge on any atom is 0.213 e. The van der Waals surface area contributed by atoms with Crippen LogP contribution in [0, 0.1) is 11.3 Å². The quantitative estimate of drug-likeness (QED) is 0.389. The standard InChI is InChI=1S/C13H16N2O/c1-5-15(10-16)9-13(4)12(3)7-6-11(2)8-14/h6-7,9-10H,2-3,5H2,1,4H3/b7-6-,13-9+. The van der Waals surface area contributed by atoms with Gasteiger partial charge in [-0.05, 0) is 31.1 Å². The summed E-state index contributed by atoms with van der Waals surface area (Å²) >= 11 is 0. The van der Waals surface area contributed by atoms with Gasteiger partial charge in [-0.15, -0.1) is 0 Å². The SMILES string of the molecule is C=C(C#N)/C=C\C(=C)/C(C)=C/N(C=O)CC. The predicted molar refractivity (Wildman–Crippen MR) is 65.2 cm³/mol. The molecule has 0 atom stereocenters. The van der Waals surface area contributed by atoms with Crippen molar-refractivity contribution >= 4 is 6.41 Å². The molecule has 1 amide bonds. The summed E-state index contributed by atoms with van der Waals surface area (Å²) in [5.74, 6) is 0. The van der Waals surface area contributed by atoms with Crippen molar-refractivity contribution in [3.63, 3.8) is 0 Å². The fourth-order valence-corrected chi connectivity index (χ4v) is 0.898. The molecule has 0 saturated carbocycles. The van der Waals surface area contributed by atoms with Gasteiger partial charge in [0, 0.05) is 18.3 Å². The van der Waals surface area contributed by atoms with Crippen molar-refractivity contribution in [1.29, 1.82) is 5.26 Å². The first-order valence-corrected chi connectivity index (χ1v) is 4.91. The molecule has 0 fully saturated rings. The summed E-state index contributed by atoms with van der Waals surface area (Å²) in [7, 11) is 0. The van der Waals surface area contributed by atoms with Gasteiger partial charge in [0.15, 0.2) is 0 Å². The largest absolute Gasteiger partial charge is 0.322 e. The molecule has 0 aromatic heterocycles. The zero-order valence-corrected chi connectivity index (χ0v) is 9.73. The van der Waals surface area contributed by atoms with Gasteiger partial charge < -0.3 is 4.90 Å². The summed E-state index contributed by atoms with van der Waals surface area (Å²) in [6, 6.07) is 1.91. The molecular formula is C13H16N2O. The molecule has 0 N–H and O–H groups in total. The molecule has 0 aromatic rings. The molecule has 0 unspecified atom stereocenters. The van der Waals surface area contributed by atoms with E-state index in [0.717, 1.165) is 17.6 Å². The molecule has 0 rings (SSSR count). The Balaban J connectivity index is 4.63. The second-order valence-corrected chi connectivity index (χ2v) is 3.24. The average molecular weight is 216 g/mol. The van der Waals surface area contributed by atoms with Crippen LogP contribution >= 0.6 is 0 Å². The Morgan fingerprint density at radius 1 is 1.44 bits per heavy atom. The Morgan fingerprint density at radius 2 is 2.06 bits per heavy atom. The third-order valence-corrected chi connectivity index (χ3v) is 2.00. The minimum atomic E-state index is 0.372. The number of rotatable bonds is 6. The minimum Gasteiger partial charge on any atom is -0.322 e. The lowest BCUT2D eigenvalue weighted by Gasteiger charge is -2.10. The van der Waals surface area contributed by atoms with E-state index in [9.17, 15) is 4.79 Å². The smallest absolute Gasteiger partial charge is 0.213 e. The summed E-state index contributed by atoms with van der Waals surface area (Å²) in [4.78, 5) is 12.1. The first-order chi connectivity index (χ1) is 7.54. The van der Waals surface area contributed by atoms with E-state index in [1.165, 1.54) is 4.90 Å². The molecule has 0 aliphatic heterocycles. The van der Waals surface area contributed by atoms with Crippen molar-refractivity contribution in [2.24, 2.45) is 0 Å². The van der Waals surface area contributed by atoms with Crippen LogP contribution in [0.15, 0.2) is 48.2 Å². The molecule has 84 valence electrons. The normalized spacial score (nSPS) is 10.9. The van der Waals surface area contributed by atoms with Gasteiger partial charge in [0.2, 0.25) is 6.41 Å². The molecule has 16 heavy (non-hydrogen) atoms. The fourth-order valence-electron chi connectivity index (χ4n) is 0.898. The van der Waals surface area contributed by atoms with E-state index in [4.69, 9.17) is 5.26 Å². The maximum atomic E-state index is 10.6. The number of carbonyl (C=O) groups is 1. The van der Waals surface area contributed by atoms with Gasteiger partial charge in [-0.3, -0.25) is 4.79 Å². The van der Waals surface area contributed by atoms with Gasteiger partial charge in [0.1, 0.15) is 0 Å². The summed E-state index contributed by atoms with van der Waals surface area (Å²) in [5, 5.41) is 8.51. The highest BCUT2D eigenvalue weighted by Crippen LogP contribution is 2.10.